The van der Waals surface area contributed by atoms with Crippen LogP contribution in [0, 0.1) is 0 Å². The minimum absolute atomic E-state index is 0.0256. The number of carbonyl (C=O) groups excluding carboxylic acids is 2. The molecule has 1 heterocycles. The first kappa shape index (κ1) is 23.3. The molecule has 0 spiro atoms. The van der Waals surface area contributed by atoms with Crippen molar-refractivity contribution in [2.24, 2.45) is 0 Å². The second kappa shape index (κ2) is 10.8. The molecule has 1 aromatic heterocycles. The maximum atomic E-state index is 12.8. The summed E-state index contributed by atoms with van der Waals surface area (Å²) in [6.45, 7) is 6.92. The van der Waals surface area contributed by atoms with Crippen molar-refractivity contribution in [3.63, 3.8) is 0 Å². The Morgan fingerprint density at radius 1 is 1.06 bits per heavy atom. The number of aromatic nitrogens is 2. The zero-order valence-electron chi connectivity index (χ0n) is 19.2. The predicted octanol–water partition coefficient (Wildman–Crippen LogP) is 4.88. The van der Waals surface area contributed by atoms with Gasteiger partial charge in [0, 0.05) is 24.8 Å². The molecule has 168 valence electrons. The first-order valence-electron chi connectivity index (χ1n) is 11.1. The number of rotatable bonds is 9. The molecule has 6 nitrogen and oxygen atoms in total. The zero-order valence-corrected chi connectivity index (χ0v) is 19.2. The standard InChI is InChI=1S/C26H31N3O3/c1-5-19(3)24-18-23(26(31)32-6-2)27-29(24)22-14-12-21(13-15-22)25(30)28(4)17-16-20-10-8-7-9-11-20/h7-15,18-19H,5-6,16-17H2,1-4H3/t19-/m0/s1. The van der Waals surface area contributed by atoms with E-state index < -0.39 is 5.97 Å². The molecule has 0 aliphatic heterocycles. The number of esters is 1. The third-order valence-corrected chi connectivity index (χ3v) is 5.62. The lowest BCUT2D eigenvalue weighted by Crippen LogP contribution is -2.28. The molecular formula is C26H31N3O3. The van der Waals surface area contributed by atoms with Crippen molar-refractivity contribution in [1.29, 1.82) is 0 Å². The van der Waals surface area contributed by atoms with Crippen LogP contribution < -0.4 is 0 Å². The Morgan fingerprint density at radius 3 is 2.38 bits per heavy atom. The van der Waals surface area contributed by atoms with Crippen LogP contribution in [0.3, 0.4) is 0 Å². The molecule has 3 rings (SSSR count). The van der Waals surface area contributed by atoms with Crippen molar-refractivity contribution in [1.82, 2.24) is 14.7 Å². The number of hydrogen-bond acceptors (Lipinski definition) is 4. The van der Waals surface area contributed by atoms with E-state index in [4.69, 9.17) is 4.74 Å². The average Bonchev–Trinajstić information content (AvgIpc) is 3.28. The summed E-state index contributed by atoms with van der Waals surface area (Å²) in [4.78, 5) is 26.8. The van der Waals surface area contributed by atoms with E-state index in [-0.39, 0.29) is 11.8 Å². The molecule has 1 atom stereocenters. The maximum absolute atomic E-state index is 12.8. The lowest BCUT2D eigenvalue weighted by atomic mass is 10.0. The smallest absolute Gasteiger partial charge is 0.358 e. The van der Waals surface area contributed by atoms with Gasteiger partial charge < -0.3 is 9.64 Å². The van der Waals surface area contributed by atoms with E-state index in [1.54, 1.807) is 22.6 Å². The molecule has 2 aromatic carbocycles. The van der Waals surface area contributed by atoms with E-state index in [0.717, 1.165) is 24.2 Å². The van der Waals surface area contributed by atoms with Crippen LogP contribution in [0.5, 0.6) is 0 Å². The van der Waals surface area contributed by atoms with Gasteiger partial charge in [0.2, 0.25) is 0 Å². The van der Waals surface area contributed by atoms with Crippen LogP contribution in [-0.2, 0) is 11.2 Å². The molecule has 0 N–H and O–H groups in total. The van der Waals surface area contributed by atoms with E-state index in [1.165, 1.54) is 5.56 Å². The third kappa shape index (κ3) is 5.44. The Labute approximate surface area is 189 Å². The van der Waals surface area contributed by atoms with Crippen molar-refractivity contribution < 1.29 is 14.3 Å². The number of ether oxygens (including phenoxy) is 1. The number of amides is 1. The van der Waals surface area contributed by atoms with Gasteiger partial charge in [-0.1, -0.05) is 44.2 Å². The monoisotopic (exact) mass is 433 g/mol. The number of benzene rings is 2. The van der Waals surface area contributed by atoms with Gasteiger partial charge in [-0.05, 0) is 61.6 Å². The van der Waals surface area contributed by atoms with E-state index >= 15 is 0 Å². The molecule has 0 aliphatic carbocycles. The number of hydrogen-bond donors (Lipinski definition) is 0. The Kier molecular flexibility index (Phi) is 7.82. The molecule has 0 unspecified atom stereocenters. The third-order valence-electron chi connectivity index (χ3n) is 5.62. The summed E-state index contributed by atoms with van der Waals surface area (Å²) in [7, 11) is 1.82. The maximum Gasteiger partial charge on any atom is 0.358 e. The summed E-state index contributed by atoms with van der Waals surface area (Å²) in [6, 6.07) is 19.3. The average molecular weight is 434 g/mol. The highest BCUT2D eigenvalue weighted by molar-refractivity contribution is 5.94. The van der Waals surface area contributed by atoms with E-state index in [1.807, 2.05) is 49.5 Å². The lowest BCUT2D eigenvalue weighted by Gasteiger charge is -2.18. The fourth-order valence-electron chi connectivity index (χ4n) is 3.48. The van der Waals surface area contributed by atoms with Gasteiger partial charge in [0.25, 0.3) is 5.91 Å². The molecule has 32 heavy (non-hydrogen) atoms. The van der Waals surface area contributed by atoms with Crippen LogP contribution in [0.2, 0.25) is 0 Å². The second-order valence-electron chi connectivity index (χ2n) is 7.91. The van der Waals surface area contributed by atoms with Crippen LogP contribution in [0.1, 0.15) is 65.2 Å². The van der Waals surface area contributed by atoms with Crippen LogP contribution in [0.25, 0.3) is 5.69 Å². The number of likely N-dealkylation sites (N-methyl/N-ethyl adjacent to an activating group) is 1. The van der Waals surface area contributed by atoms with Crippen molar-refractivity contribution in [3.05, 3.63) is 83.2 Å². The minimum Gasteiger partial charge on any atom is -0.461 e. The summed E-state index contributed by atoms with van der Waals surface area (Å²) in [6.07, 6.45) is 1.72. The number of nitrogens with zero attached hydrogens (tertiary/aromatic N) is 3. The van der Waals surface area contributed by atoms with Gasteiger partial charge >= 0.3 is 5.97 Å². The van der Waals surface area contributed by atoms with Gasteiger partial charge in [0.05, 0.1) is 12.3 Å². The summed E-state index contributed by atoms with van der Waals surface area (Å²) in [5, 5.41) is 4.49. The SMILES string of the molecule is CCOC(=O)c1cc([C@@H](C)CC)n(-c2ccc(C(=O)N(C)CCc3ccccc3)cc2)n1. The predicted molar refractivity (Wildman–Crippen MR) is 125 cm³/mol. The highest BCUT2D eigenvalue weighted by Crippen LogP contribution is 2.24. The molecule has 0 saturated carbocycles. The minimum atomic E-state index is -0.428. The first-order valence-corrected chi connectivity index (χ1v) is 11.1. The van der Waals surface area contributed by atoms with Gasteiger partial charge in [0.1, 0.15) is 0 Å². The zero-order chi connectivity index (χ0) is 23.1. The summed E-state index contributed by atoms with van der Waals surface area (Å²) in [5.41, 5.74) is 3.86. The largest absolute Gasteiger partial charge is 0.461 e. The molecule has 0 radical (unpaired) electrons. The van der Waals surface area contributed by atoms with Crippen molar-refractivity contribution >= 4 is 11.9 Å². The molecular weight excluding hydrogens is 402 g/mol. The second-order valence-corrected chi connectivity index (χ2v) is 7.91. The van der Waals surface area contributed by atoms with Crippen molar-refractivity contribution in [2.75, 3.05) is 20.2 Å². The quantitative estimate of drug-likeness (QED) is 0.451. The fourth-order valence-corrected chi connectivity index (χ4v) is 3.48. The van der Waals surface area contributed by atoms with Gasteiger partial charge in [-0.3, -0.25) is 4.79 Å². The Bertz CT molecular complexity index is 1040. The van der Waals surface area contributed by atoms with Gasteiger partial charge in [0.15, 0.2) is 5.69 Å². The van der Waals surface area contributed by atoms with E-state index in [9.17, 15) is 9.59 Å². The van der Waals surface area contributed by atoms with Gasteiger partial charge in [-0.2, -0.15) is 5.10 Å². The molecule has 1 amide bonds. The highest BCUT2D eigenvalue weighted by Gasteiger charge is 2.20. The Morgan fingerprint density at radius 2 is 1.75 bits per heavy atom. The van der Waals surface area contributed by atoms with Crippen LogP contribution >= 0.6 is 0 Å². The topological polar surface area (TPSA) is 64.4 Å². The Hall–Kier alpha value is -3.41. The Balaban J connectivity index is 1.77. The van der Waals surface area contributed by atoms with Gasteiger partial charge in [-0.25, -0.2) is 9.48 Å². The van der Waals surface area contributed by atoms with E-state index in [0.29, 0.717) is 24.4 Å². The summed E-state index contributed by atoms with van der Waals surface area (Å²) in [5.74, 6) is -0.235. The molecule has 3 aromatic rings. The number of carbonyl (C=O) groups is 2. The van der Waals surface area contributed by atoms with Gasteiger partial charge in [-0.15, -0.1) is 0 Å². The van der Waals surface area contributed by atoms with Crippen LogP contribution in [0.15, 0.2) is 60.7 Å². The van der Waals surface area contributed by atoms with Crippen molar-refractivity contribution in [3.8, 4) is 5.69 Å². The molecule has 6 heteroatoms. The molecule has 0 bridgehead atoms. The normalized spacial score (nSPS) is 11.8. The highest BCUT2D eigenvalue weighted by atomic mass is 16.5. The summed E-state index contributed by atoms with van der Waals surface area (Å²) >= 11 is 0. The lowest BCUT2D eigenvalue weighted by molar-refractivity contribution is 0.0518. The fraction of sp³-hybridized carbons (Fsp3) is 0.346. The van der Waals surface area contributed by atoms with E-state index in [2.05, 4.69) is 31.1 Å². The first-order chi connectivity index (χ1) is 15.4. The molecule has 0 aliphatic rings. The van der Waals surface area contributed by atoms with Crippen molar-refractivity contribution in [2.45, 2.75) is 39.5 Å². The van der Waals surface area contributed by atoms with Crippen LogP contribution in [-0.4, -0.2) is 46.8 Å². The molecule has 0 saturated heterocycles. The summed E-state index contributed by atoms with van der Waals surface area (Å²) < 4.78 is 6.88. The van der Waals surface area contributed by atoms with Crippen LogP contribution in [0.4, 0.5) is 0 Å². The molecule has 0 fully saturated rings.